The molecule has 0 rings (SSSR count). The van der Waals surface area contributed by atoms with E-state index >= 15 is 0 Å². The highest BCUT2D eigenvalue weighted by atomic mass is 35.5. The predicted octanol–water partition coefficient (Wildman–Crippen LogP) is 1.41. The van der Waals surface area contributed by atoms with Crippen LogP contribution in [0.4, 0.5) is 0 Å². The third kappa shape index (κ3) is 7.82. The average molecular weight is 268 g/mol. The van der Waals surface area contributed by atoms with Crippen LogP contribution in [0, 0.1) is 0 Å². The summed E-state index contributed by atoms with van der Waals surface area (Å²) in [7, 11) is 1.30. The largest absolute Gasteiger partial charge is 0.467 e. The second-order valence-corrected chi connectivity index (χ2v) is 6.06. The summed E-state index contributed by atoms with van der Waals surface area (Å²) in [4.78, 5) is 21.9. The molecule has 0 aromatic rings. The number of alkyl halides is 1. The topological polar surface area (TPSA) is 55.4 Å². The lowest BCUT2D eigenvalue weighted by Crippen LogP contribution is -2.42. The highest BCUT2D eigenvalue weighted by molar-refractivity contribution is 7.99. The van der Waals surface area contributed by atoms with E-state index in [1.54, 1.807) is 0 Å². The molecule has 0 spiro atoms. The van der Waals surface area contributed by atoms with E-state index in [-0.39, 0.29) is 10.8 Å². The van der Waals surface area contributed by atoms with Crippen molar-refractivity contribution >= 4 is 35.2 Å². The lowest BCUT2D eigenvalue weighted by atomic mass is 10.3. The fraction of sp³-hybridized carbons (Fsp3) is 0.800. The number of rotatable bonds is 6. The zero-order chi connectivity index (χ0) is 12.8. The minimum absolute atomic E-state index is 0.249. The summed E-state index contributed by atoms with van der Waals surface area (Å²) < 4.78 is 4.60. The maximum atomic E-state index is 11.3. The Kier molecular flexibility index (Phi) is 6.83. The van der Waals surface area contributed by atoms with Gasteiger partial charge in [0.15, 0.2) is 0 Å². The minimum Gasteiger partial charge on any atom is -0.467 e. The first-order chi connectivity index (χ1) is 7.26. The summed E-state index contributed by atoms with van der Waals surface area (Å²) in [5.74, 6) is 0.473. The van der Waals surface area contributed by atoms with E-state index in [0.29, 0.717) is 11.5 Å². The standard InChI is InChI=1S/C10H18ClNO3S/c1-7(13)12-8(9(14)15-4)5-16-6-10(2,3)11/h8H,5-6H2,1-4H3,(H,12,13). The van der Waals surface area contributed by atoms with Crippen LogP contribution < -0.4 is 5.32 Å². The molecule has 1 unspecified atom stereocenters. The van der Waals surface area contributed by atoms with Gasteiger partial charge in [0.2, 0.25) is 5.91 Å². The molecule has 0 saturated heterocycles. The van der Waals surface area contributed by atoms with E-state index in [2.05, 4.69) is 10.1 Å². The second-order valence-electron chi connectivity index (χ2n) is 4.01. The molecule has 0 aliphatic carbocycles. The van der Waals surface area contributed by atoms with Gasteiger partial charge in [0.25, 0.3) is 0 Å². The first kappa shape index (κ1) is 15.6. The third-order valence-electron chi connectivity index (χ3n) is 1.59. The Morgan fingerprint density at radius 1 is 1.50 bits per heavy atom. The van der Waals surface area contributed by atoms with Crippen molar-refractivity contribution in [2.75, 3.05) is 18.6 Å². The van der Waals surface area contributed by atoms with Gasteiger partial charge in [-0.15, -0.1) is 11.6 Å². The van der Waals surface area contributed by atoms with Crippen molar-refractivity contribution in [3.8, 4) is 0 Å². The van der Waals surface area contributed by atoms with Crippen molar-refractivity contribution in [3.63, 3.8) is 0 Å². The Morgan fingerprint density at radius 3 is 2.44 bits per heavy atom. The molecule has 0 aromatic heterocycles. The predicted molar refractivity (Wildman–Crippen MR) is 66.9 cm³/mol. The van der Waals surface area contributed by atoms with Crippen molar-refractivity contribution in [2.24, 2.45) is 0 Å². The zero-order valence-electron chi connectivity index (χ0n) is 10.0. The number of nitrogens with one attached hydrogen (secondary N) is 1. The summed E-state index contributed by atoms with van der Waals surface area (Å²) in [6, 6.07) is -0.605. The quantitative estimate of drug-likeness (QED) is 0.584. The fourth-order valence-corrected chi connectivity index (χ4v) is 2.27. The number of hydrogen-bond acceptors (Lipinski definition) is 4. The van der Waals surface area contributed by atoms with Crippen LogP contribution in [0.15, 0.2) is 0 Å². The molecule has 94 valence electrons. The van der Waals surface area contributed by atoms with Gasteiger partial charge in [-0.25, -0.2) is 4.79 Å². The Labute approximate surface area is 105 Å². The zero-order valence-corrected chi connectivity index (χ0v) is 11.6. The molecule has 4 nitrogen and oxygen atoms in total. The van der Waals surface area contributed by atoms with Gasteiger partial charge in [-0.2, -0.15) is 11.8 Å². The van der Waals surface area contributed by atoms with E-state index < -0.39 is 12.0 Å². The van der Waals surface area contributed by atoms with Crippen molar-refractivity contribution in [2.45, 2.75) is 31.7 Å². The van der Waals surface area contributed by atoms with Gasteiger partial charge in [0.05, 0.1) is 7.11 Å². The number of carbonyl (C=O) groups is 2. The Balaban J connectivity index is 4.12. The molecule has 1 atom stereocenters. The summed E-state index contributed by atoms with van der Waals surface area (Å²) in [6.07, 6.45) is 0. The molecular formula is C10H18ClNO3S. The monoisotopic (exact) mass is 267 g/mol. The van der Waals surface area contributed by atoms with Crippen LogP contribution in [-0.4, -0.2) is 41.4 Å². The van der Waals surface area contributed by atoms with Gasteiger partial charge in [-0.3, -0.25) is 4.79 Å². The third-order valence-corrected chi connectivity index (χ3v) is 3.38. The Morgan fingerprint density at radius 2 is 2.06 bits per heavy atom. The average Bonchev–Trinajstić information content (AvgIpc) is 2.12. The normalized spacial score (nSPS) is 13.1. The van der Waals surface area contributed by atoms with Crippen molar-refractivity contribution in [1.82, 2.24) is 5.32 Å². The van der Waals surface area contributed by atoms with Crippen LogP contribution in [0.1, 0.15) is 20.8 Å². The number of carbonyl (C=O) groups excluding carboxylic acids is 2. The van der Waals surface area contributed by atoms with Crippen LogP contribution >= 0.6 is 23.4 Å². The van der Waals surface area contributed by atoms with E-state index in [4.69, 9.17) is 11.6 Å². The molecule has 0 aromatic carbocycles. The van der Waals surface area contributed by atoms with E-state index in [1.807, 2.05) is 13.8 Å². The number of methoxy groups -OCH3 is 1. The second kappa shape index (κ2) is 7.01. The van der Waals surface area contributed by atoms with Gasteiger partial charge >= 0.3 is 5.97 Å². The number of esters is 1. The Bertz CT molecular complexity index is 253. The molecule has 16 heavy (non-hydrogen) atoms. The van der Waals surface area contributed by atoms with Crippen LogP contribution in [0.2, 0.25) is 0 Å². The maximum Gasteiger partial charge on any atom is 0.329 e. The van der Waals surface area contributed by atoms with E-state index in [9.17, 15) is 9.59 Å². The van der Waals surface area contributed by atoms with Gasteiger partial charge in [-0.05, 0) is 13.8 Å². The van der Waals surface area contributed by atoms with Crippen molar-refractivity contribution in [1.29, 1.82) is 0 Å². The lowest BCUT2D eigenvalue weighted by molar-refractivity contribution is -0.144. The molecule has 0 saturated carbocycles. The van der Waals surface area contributed by atoms with Gasteiger partial charge in [-0.1, -0.05) is 0 Å². The SMILES string of the molecule is COC(=O)C(CSCC(C)(C)Cl)NC(C)=O. The van der Waals surface area contributed by atoms with Crippen LogP contribution in [0.3, 0.4) is 0 Å². The molecule has 0 aliphatic rings. The number of ether oxygens (including phenoxy) is 1. The van der Waals surface area contributed by atoms with E-state index in [1.165, 1.54) is 25.8 Å². The van der Waals surface area contributed by atoms with E-state index in [0.717, 1.165) is 0 Å². The highest BCUT2D eigenvalue weighted by Crippen LogP contribution is 2.20. The summed E-state index contributed by atoms with van der Waals surface area (Å²) in [5, 5.41) is 2.54. The molecule has 1 amide bonds. The van der Waals surface area contributed by atoms with Gasteiger partial charge in [0, 0.05) is 23.3 Å². The van der Waals surface area contributed by atoms with Gasteiger partial charge < -0.3 is 10.1 Å². The number of hydrogen-bond donors (Lipinski definition) is 1. The summed E-state index contributed by atoms with van der Waals surface area (Å²) >= 11 is 7.52. The highest BCUT2D eigenvalue weighted by Gasteiger charge is 2.21. The lowest BCUT2D eigenvalue weighted by Gasteiger charge is -2.18. The minimum atomic E-state index is -0.605. The summed E-state index contributed by atoms with van der Waals surface area (Å²) in [6.45, 7) is 5.16. The number of halogens is 1. The van der Waals surface area contributed by atoms with Crippen molar-refractivity contribution < 1.29 is 14.3 Å². The maximum absolute atomic E-state index is 11.3. The molecule has 6 heteroatoms. The smallest absolute Gasteiger partial charge is 0.329 e. The molecule has 0 radical (unpaired) electrons. The first-order valence-corrected chi connectivity index (χ1v) is 6.41. The molecule has 0 fully saturated rings. The molecule has 0 bridgehead atoms. The molecule has 1 N–H and O–H groups in total. The van der Waals surface area contributed by atoms with Crippen LogP contribution in [-0.2, 0) is 14.3 Å². The van der Waals surface area contributed by atoms with Crippen molar-refractivity contribution in [3.05, 3.63) is 0 Å². The fourth-order valence-electron chi connectivity index (χ4n) is 0.976. The number of amides is 1. The van der Waals surface area contributed by atoms with Gasteiger partial charge in [0.1, 0.15) is 6.04 Å². The molecule has 0 aliphatic heterocycles. The van der Waals surface area contributed by atoms with Crippen LogP contribution in [0.5, 0.6) is 0 Å². The molecular weight excluding hydrogens is 250 g/mol. The first-order valence-electron chi connectivity index (χ1n) is 4.88. The number of thioether (sulfide) groups is 1. The Hall–Kier alpha value is -0.420. The van der Waals surface area contributed by atoms with Crippen LogP contribution in [0.25, 0.3) is 0 Å². The summed E-state index contributed by atoms with van der Waals surface area (Å²) in [5.41, 5.74) is 0. The molecule has 0 heterocycles.